The minimum absolute atomic E-state index is 0. The van der Waals surface area contributed by atoms with Crippen LogP contribution in [0.15, 0.2) is 109 Å². The van der Waals surface area contributed by atoms with Gasteiger partial charge in [-0.15, -0.1) is 12.4 Å². The second-order valence-electron chi connectivity index (χ2n) is 12.3. The van der Waals surface area contributed by atoms with Crippen LogP contribution < -0.4 is 10.6 Å². The lowest BCUT2D eigenvalue weighted by molar-refractivity contribution is 0.130. The first kappa shape index (κ1) is 31.5. The average molecular weight is 617 g/mol. The van der Waals surface area contributed by atoms with Crippen LogP contribution in [0.3, 0.4) is 0 Å². The fourth-order valence-corrected chi connectivity index (χ4v) is 7.12. The van der Waals surface area contributed by atoms with E-state index in [9.17, 15) is 0 Å². The molecule has 6 aromatic rings. The van der Waals surface area contributed by atoms with Crippen molar-refractivity contribution in [3.05, 3.63) is 120 Å². The van der Waals surface area contributed by atoms with Crippen LogP contribution in [0.25, 0.3) is 43.1 Å². The normalized spacial score (nSPS) is 14.4. The third-order valence-electron chi connectivity index (χ3n) is 9.49. The molecule has 2 N–H and O–H groups in total. The van der Waals surface area contributed by atoms with E-state index in [1.807, 2.05) is 0 Å². The van der Waals surface area contributed by atoms with E-state index in [1.165, 1.54) is 106 Å². The van der Waals surface area contributed by atoms with Crippen molar-refractivity contribution in [1.82, 2.24) is 20.4 Å². The molecule has 7 rings (SSSR count). The number of benzene rings is 6. The van der Waals surface area contributed by atoms with Crippen LogP contribution in [0.2, 0.25) is 0 Å². The quantitative estimate of drug-likeness (QED) is 0.108. The number of nitrogens with zero attached hydrogens (tertiary/aromatic N) is 2. The predicted octanol–water partition coefficient (Wildman–Crippen LogP) is 8.00. The molecule has 0 aromatic heterocycles. The first-order valence-corrected chi connectivity index (χ1v) is 16.5. The van der Waals surface area contributed by atoms with Gasteiger partial charge in [-0.3, -0.25) is 0 Å². The second kappa shape index (κ2) is 15.2. The highest BCUT2D eigenvalue weighted by atomic mass is 35.5. The van der Waals surface area contributed by atoms with Crippen molar-refractivity contribution in [2.24, 2.45) is 0 Å². The second-order valence-corrected chi connectivity index (χ2v) is 12.3. The molecule has 0 radical (unpaired) electrons. The third-order valence-corrected chi connectivity index (χ3v) is 9.49. The van der Waals surface area contributed by atoms with Crippen LogP contribution in [0, 0.1) is 0 Å². The smallest absolute Gasteiger partial charge is 0.0217 e. The Bertz CT molecular complexity index is 1620. The number of fused-ring (bicyclic) bond motifs is 4. The van der Waals surface area contributed by atoms with Crippen LogP contribution in [0.4, 0.5) is 0 Å². The van der Waals surface area contributed by atoms with Crippen molar-refractivity contribution in [3.8, 4) is 0 Å². The van der Waals surface area contributed by atoms with Crippen LogP contribution in [0.5, 0.6) is 0 Å². The molecule has 0 atom stereocenters. The molecule has 1 fully saturated rings. The molecule has 1 saturated heterocycles. The molecule has 0 saturated carbocycles. The Morgan fingerprint density at radius 2 is 0.756 bits per heavy atom. The molecule has 45 heavy (non-hydrogen) atoms. The van der Waals surface area contributed by atoms with Crippen molar-refractivity contribution in [2.75, 3.05) is 52.4 Å². The highest BCUT2D eigenvalue weighted by Crippen LogP contribution is 2.29. The van der Waals surface area contributed by atoms with E-state index >= 15 is 0 Å². The highest BCUT2D eigenvalue weighted by molar-refractivity contribution is 6.03. The largest absolute Gasteiger partial charge is 0.313 e. The van der Waals surface area contributed by atoms with Gasteiger partial charge in [0.05, 0.1) is 0 Å². The van der Waals surface area contributed by atoms with Crippen molar-refractivity contribution >= 4 is 55.5 Å². The van der Waals surface area contributed by atoms with Gasteiger partial charge in [0.15, 0.2) is 0 Å². The van der Waals surface area contributed by atoms with E-state index in [0.29, 0.717) is 0 Å². The highest BCUT2D eigenvalue weighted by Gasteiger charge is 2.16. The molecule has 0 amide bonds. The van der Waals surface area contributed by atoms with Gasteiger partial charge in [0.2, 0.25) is 0 Å². The standard InChI is InChI=1S/C40H44N4.ClH/c1-5-15-35-31(11-1)27-32-12-2-6-16-36(32)39(35)29-41-19-9-21-43-23-25-44(26-24-43)22-10-20-42-30-40-37-17-7-3-13-33(37)28-34-14-4-8-18-38(34)40;/h1-8,11-18,27-28,41-42H,9-10,19-26,29-30H2;1H. The van der Waals surface area contributed by atoms with Gasteiger partial charge in [0.25, 0.3) is 0 Å². The van der Waals surface area contributed by atoms with E-state index in [4.69, 9.17) is 0 Å². The summed E-state index contributed by atoms with van der Waals surface area (Å²) in [6.07, 6.45) is 2.38. The zero-order chi connectivity index (χ0) is 29.6. The molecular weight excluding hydrogens is 572 g/mol. The van der Waals surface area contributed by atoms with Crippen molar-refractivity contribution < 1.29 is 0 Å². The summed E-state index contributed by atoms with van der Waals surface area (Å²) >= 11 is 0. The molecule has 0 aliphatic carbocycles. The monoisotopic (exact) mass is 616 g/mol. The summed E-state index contributed by atoms with van der Waals surface area (Å²) in [5.74, 6) is 0. The maximum atomic E-state index is 3.76. The summed E-state index contributed by atoms with van der Waals surface area (Å²) in [5, 5.41) is 18.3. The maximum absolute atomic E-state index is 3.76. The van der Waals surface area contributed by atoms with E-state index in [2.05, 4.69) is 130 Å². The number of halogens is 1. The molecule has 5 heteroatoms. The molecule has 232 valence electrons. The molecule has 0 bridgehead atoms. The summed E-state index contributed by atoms with van der Waals surface area (Å²) < 4.78 is 0. The summed E-state index contributed by atoms with van der Waals surface area (Å²) in [7, 11) is 0. The Morgan fingerprint density at radius 3 is 1.09 bits per heavy atom. The van der Waals surface area contributed by atoms with Gasteiger partial charge in [-0.1, -0.05) is 97.1 Å². The Hall–Kier alpha value is -3.51. The Kier molecular flexibility index (Phi) is 10.6. The number of rotatable bonds is 12. The Morgan fingerprint density at radius 1 is 0.444 bits per heavy atom. The molecule has 0 unspecified atom stereocenters. The summed E-state index contributed by atoms with van der Waals surface area (Å²) in [6.45, 7) is 11.0. The third kappa shape index (κ3) is 7.33. The summed E-state index contributed by atoms with van der Waals surface area (Å²) in [6, 6.07) is 39.8. The fourth-order valence-electron chi connectivity index (χ4n) is 7.12. The number of hydrogen-bond acceptors (Lipinski definition) is 4. The van der Waals surface area contributed by atoms with Crippen LogP contribution in [0.1, 0.15) is 24.0 Å². The van der Waals surface area contributed by atoms with E-state index in [1.54, 1.807) is 0 Å². The van der Waals surface area contributed by atoms with Crippen LogP contribution in [-0.4, -0.2) is 62.2 Å². The zero-order valence-corrected chi connectivity index (χ0v) is 27.0. The van der Waals surface area contributed by atoms with Crippen molar-refractivity contribution in [1.29, 1.82) is 0 Å². The van der Waals surface area contributed by atoms with Gasteiger partial charge in [-0.2, -0.15) is 0 Å². The predicted molar refractivity (Wildman–Crippen MR) is 196 cm³/mol. The lowest BCUT2D eigenvalue weighted by Crippen LogP contribution is -2.47. The lowest BCUT2D eigenvalue weighted by atomic mass is 9.97. The van der Waals surface area contributed by atoms with Gasteiger partial charge in [-0.05, 0) is 105 Å². The number of hydrogen-bond donors (Lipinski definition) is 2. The van der Waals surface area contributed by atoms with Gasteiger partial charge in [0, 0.05) is 39.3 Å². The average Bonchev–Trinajstić information content (AvgIpc) is 3.07. The fraction of sp³-hybridized carbons (Fsp3) is 0.300. The van der Waals surface area contributed by atoms with Gasteiger partial charge < -0.3 is 20.4 Å². The molecule has 4 nitrogen and oxygen atoms in total. The zero-order valence-electron chi connectivity index (χ0n) is 26.2. The lowest BCUT2D eigenvalue weighted by Gasteiger charge is -2.34. The van der Waals surface area contributed by atoms with Gasteiger partial charge in [0.1, 0.15) is 0 Å². The van der Waals surface area contributed by atoms with E-state index in [-0.39, 0.29) is 12.4 Å². The molecule has 1 heterocycles. The van der Waals surface area contributed by atoms with E-state index < -0.39 is 0 Å². The summed E-state index contributed by atoms with van der Waals surface area (Å²) in [4.78, 5) is 5.30. The summed E-state index contributed by atoms with van der Waals surface area (Å²) in [5.41, 5.74) is 2.85. The first-order chi connectivity index (χ1) is 21.8. The maximum Gasteiger partial charge on any atom is 0.0217 e. The number of nitrogens with one attached hydrogen (secondary N) is 2. The Labute approximate surface area is 273 Å². The Balaban J connectivity index is 0.00000357. The van der Waals surface area contributed by atoms with Crippen molar-refractivity contribution in [2.45, 2.75) is 25.9 Å². The molecule has 0 spiro atoms. The molecular formula is C40H45ClN4. The minimum Gasteiger partial charge on any atom is -0.313 e. The van der Waals surface area contributed by atoms with Crippen LogP contribution >= 0.6 is 12.4 Å². The van der Waals surface area contributed by atoms with Crippen LogP contribution in [-0.2, 0) is 13.1 Å². The first-order valence-electron chi connectivity index (χ1n) is 16.5. The van der Waals surface area contributed by atoms with E-state index in [0.717, 1.165) is 26.2 Å². The minimum atomic E-state index is 0. The topological polar surface area (TPSA) is 30.5 Å². The van der Waals surface area contributed by atoms with Crippen molar-refractivity contribution in [3.63, 3.8) is 0 Å². The van der Waals surface area contributed by atoms with Gasteiger partial charge in [-0.25, -0.2) is 0 Å². The number of piperazine rings is 1. The molecule has 1 aliphatic rings. The molecule has 1 aliphatic heterocycles. The molecule has 6 aromatic carbocycles. The SMILES string of the molecule is Cl.c1ccc2c(CNCCCN3CCN(CCCNCc4c5ccccc5cc5ccccc45)CC3)c3ccccc3cc2c1. The van der Waals surface area contributed by atoms with Gasteiger partial charge >= 0.3 is 0 Å².